The van der Waals surface area contributed by atoms with E-state index in [2.05, 4.69) is 4.72 Å². The summed E-state index contributed by atoms with van der Waals surface area (Å²) in [4.78, 5) is 0. The summed E-state index contributed by atoms with van der Waals surface area (Å²) in [6, 6.07) is 21.6. The van der Waals surface area contributed by atoms with E-state index >= 15 is 0 Å². The molecular weight excluding hydrogens is 426 g/mol. The van der Waals surface area contributed by atoms with Gasteiger partial charge in [-0.05, 0) is 35.4 Å². The predicted molar refractivity (Wildman–Crippen MR) is 117 cm³/mol. The van der Waals surface area contributed by atoms with Gasteiger partial charge in [0.2, 0.25) is 10.0 Å². The maximum atomic E-state index is 13.1. The van der Waals surface area contributed by atoms with Gasteiger partial charge in [0.25, 0.3) is 0 Å². The van der Waals surface area contributed by atoms with E-state index in [1.165, 1.54) is 0 Å². The monoisotopic (exact) mass is 449 g/mol. The molecule has 1 N–H and O–H groups in total. The third kappa shape index (κ3) is 5.99. The molecule has 3 aromatic rings. The Bertz CT molecular complexity index is 1100. The van der Waals surface area contributed by atoms with Crippen LogP contribution in [0.2, 0.25) is 0 Å². The van der Waals surface area contributed by atoms with E-state index < -0.39 is 25.1 Å². The number of benzene rings is 2. The van der Waals surface area contributed by atoms with Gasteiger partial charge in [0.05, 0.1) is 5.75 Å². The number of sulfone groups is 1. The molecule has 0 unspecified atom stereocenters. The molecule has 0 aliphatic carbocycles. The van der Waals surface area contributed by atoms with Crippen LogP contribution in [0, 0.1) is 0 Å². The van der Waals surface area contributed by atoms with E-state index in [1.54, 1.807) is 47.8 Å². The second kappa shape index (κ2) is 9.67. The van der Waals surface area contributed by atoms with Gasteiger partial charge < -0.3 is 0 Å². The lowest BCUT2D eigenvalue weighted by Gasteiger charge is -2.18. The van der Waals surface area contributed by atoms with E-state index in [-0.39, 0.29) is 16.5 Å². The number of hydrogen-bond donors (Lipinski definition) is 1. The summed E-state index contributed by atoms with van der Waals surface area (Å²) in [6.45, 7) is -0.197. The van der Waals surface area contributed by atoms with Crippen LogP contribution in [-0.4, -0.2) is 29.1 Å². The first kappa shape index (κ1) is 21.7. The molecule has 0 saturated carbocycles. The molecule has 1 aromatic heterocycles. The maximum absolute atomic E-state index is 13.1. The second-order valence-electron chi connectivity index (χ2n) is 6.63. The number of rotatable bonds is 10. The molecule has 0 bridgehead atoms. The first-order valence-electron chi connectivity index (χ1n) is 9.22. The summed E-state index contributed by atoms with van der Waals surface area (Å²) < 4.78 is 53.8. The molecule has 0 spiro atoms. The Balaban J connectivity index is 1.69. The summed E-state index contributed by atoms with van der Waals surface area (Å²) in [6.07, 6.45) is 1.12. The molecule has 5 nitrogen and oxygen atoms in total. The maximum Gasteiger partial charge on any atom is 0.211 e. The fourth-order valence-electron chi connectivity index (χ4n) is 3.03. The van der Waals surface area contributed by atoms with Gasteiger partial charge in [-0.15, -0.1) is 11.3 Å². The molecule has 29 heavy (non-hydrogen) atoms. The lowest BCUT2D eigenvalue weighted by molar-refractivity contribution is 0.568. The van der Waals surface area contributed by atoms with E-state index in [0.29, 0.717) is 18.4 Å². The standard InChI is InChI=1S/C21H23NO4S3/c23-28(24,16-8-11-18-9-3-1-4-10-18)22-17-20(19-12-5-2-6-13-19)29(25,26)21-14-7-15-27-21/h1-7,9-10,12-15,20,22H,8,11,16-17H2/t20-/m0/s1. The Morgan fingerprint density at radius 3 is 2.10 bits per heavy atom. The summed E-state index contributed by atoms with van der Waals surface area (Å²) in [5.41, 5.74) is 1.64. The van der Waals surface area contributed by atoms with E-state index in [9.17, 15) is 16.8 Å². The van der Waals surface area contributed by atoms with Crippen molar-refractivity contribution in [2.75, 3.05) is 12.3 Å². The van der Waals surface area contributed by atoms with E-state index in [1.807, 2.05) is 30.3 Å². The van der Waals surface area contributed by atoms with Crippen LogP contribution in [0.5, 0.6) is 0 Å². The molecule has 0 aliphatic heterocycles. The van der Waals surface area contributed by atoms with Crippen LogP contribution < -0.4 is 4.72 Å². The van der Waals surface area contributed by atoms with Crippen LogP contribution in [0.1, 0.15) is 22.8 Å². The first-order valence-corrected chi connectivity index (χ1v) is 13.3. The minimum Gasteiger partial charge on any atom is -0.222 e. The Labute approximate surface area is 176 Å². The number of nitrogens with one attached hydrogen (secondary N) is 1. The SMILES string of the molecule is O=S(=O)(CCCc1ccccc1)NC[C@@H](c1ccccc1)S(=O)(=O)c1cccs1. The van der Waals surface area contributed by atoms with Crippen molar-refractivity contribution in [2.24, 2.45) is 0 Å². The largest absolute Gasteiger partial charge is 0.222 e. The molecule has 0 saturated heterocycles. The molecular formula is C21H23NO4S3. The third-order valence-corrected chi connectivity index (χ3v) is 9.50. The highest BCUT2D eigenvalue weighted by atomic mass is 32.2. The minimum atomic E-state index is -3.71. The summed E-state index contributed by atoms with van der Waals surface area (Å²) in [5, 5.41) is 0.717. The summed E-state index contributed by atoms with van der Waals surface area (Å²) in [5.74, 6) is -0.0531. The van der Waals surface area contributed by atoms with Gasteiger partial charge in [-0.2, -0.15) is 0 Å². The van der Waals surface area contributed by atoms with E-state index in [4.69, 9.17) is 0 Å². The Morgan fingerprint density at radius 2 is 1.48 bits per heavy atom. The van der Waals surface area contributed by atoms with Crippen LogP contribution in [0.15, 0.2) is 82.4 Å². The zero-order valence-electron chi connectivity index (χ0n) is 15.8. The van der Waals surface area contributed by atoms with Crippen molar-refractivity contribution in [3.05, 3.63) is 89.3 Å². The number of sulfonamides is 1. The number of aryl methyl sites for hydroxylation is 1. The van der Waals surface area contributed by atoms with Crippen LogP contribution in [0.25, 0.3) is 0 Å². The second-order valence-corrected chi connectivity index (χ2v) is 11.9. The smallest absolute Gasteiger partial charge is 0.211 e. The van der Waals surface area contributed by atoms with Crippen molar-refractivity contribution in [1.82, 2.24) is 4.72 Å². The minimum absolute atomic E-state index is 0.0531. The van der Waals surface area contributed by atoms with Gasteiger partial charge in [-0.25, -0.2) is 21.6 Å². The molecule has 0 fully saturated rings. The highest BCUT2D eigenvalue weighted by Gasteiger charge is 2.31. The molecule has 8 heteroatoms. The van der Waals surface area contributed by atoms with Gasteiger partial charge in [0, 0.05) is 6.54 Å². The van der Waals surface area contributed by atoms with Crippen molar-refractivity contribution in [2.45, 2.75) is 22.3 Å². The number of thiophene rings is 1. The van der Waals surface area contributed by atoms with Gasteiger partial charge in [0.15, 0.2) is 9.84 Å². The summed E-state index contributed by atoms with van der Waals surface area (Å²) in [7, 11) is -7.30. The molecule has 0 amide bonds. The van der Waals surface area contributed by atoms with Gasteiger partial charge in [-0.3, -0.25) is 0 Å². The fraction of sp³-hybridized carbons (Fsp3) is 0.238. The average Bonchev–Trinajstić information content (AvgIpc) is 3.25. The van der Waals surface area contributed by atoms with Crippen LogP contribution in [0.3, 0.4) is 0 Å². The molecule has 0 radical (unpaired) electrons. The fourth-order valence-corrected chi connectivity index (χ4v) is 7.09. The van der Waals surface area contributed by atoms with Crippen molar-refractivity contribution in [3.8, 4) is 0 Å². The molecule has 1 heterocycles. The Morgan fingerprint density at radius 1 is 0.828 bits per heavy atom. The van der Waals surface area contributed by atoms with Crippen LogP contribution in [0.4, 0.5) is 0 Å². The average molecular weight is 450 g/mol. The lowest BCUT2D eigenvalue weighted by atomic mass is 10.1. The van der Waals surface area contributed by atoms with Crippen molar-refractivity contribution >= 4 is 31.2 Å². The molecule has 1 atom stereocenters. The lowest BCUT2D eigenvalue weighted by Crippen LogP contribution is -2.33. The topological polar surface area (TPSA) is 80.3 Å². The highest BCUT2D eigenvalue weighted by Crippen LogP contribution is 2.31. The van der Waals surface area contributed by atoms with Gasteiger partial charge >= 0.3 is 0 Å². The molecule has 154 valence electrons. The zero-order chi connectivity index (χ0) is 20.7. The zero-order valence-corrected chi connectivity index (χ0v) is 18.2. The van der Waals surface area contributed by atoms with Gasteiger partial charge in [-0.1, -0.05) is 66.7 Å². The molecule has 0 aliphatic rings. The highest BCUT2D eigenvalue weighted by molar-refractivity contribution is 7.93. The van der Waals surface area contributed by atoms with Crippen molar-refractivity contribution in [1.29, 1.82) is 0 Å². The van der Waals surface area contributed by atoms with Gasteiger partial charge in [0.1, 0.15) is 9.46 Å². The molecule has 3 rings (SSSR count). The van der Waals surface area contributed by atoms with Crippen LogP contribution in [-0.2, 0) is 26.3 Å². The van der Waals surface area contributed by atoms with E-state index in [0.717, 1.165) is 16.9 Å². The Kier molecular flexibility index (Phi) is 7.23. The molecule has 2 aromatic carbocycles. The first-order chi connectivity index (χ1) is 13.9. The van der Waals surface area contributed by atoms with Crippen molar-refractivity contribution in [3.63, 3.8) is 0 Å². The Hall–Kier alpha value is -2.00. The third-order valence-electron chi connectivity index (χ3n) is 4.53. The van der Waals surface area contributed by atoms with Crippen molar-refractivity contribution < 1.29 is 16.8 Å². The predicted octanol–water partition coefficient (Wildman–Crippen LogP) is 3.82. The number of hydrogen-bond acceptors (Lipinski definition) is 5. The van der Waals surface area contributed by atoms with Crippen LogP contribution >= 0.6 is 11.3 Å². The normalized spacial score (nSPS) is 13.2. The quantitative estimate of drug-likeness (QED) is 0.510. The summed E-state index contributed by atoms with van der Waals surface area (Å²) >= 11 is 1.13.